The summed E-state index contributed by atoms with van der Waals surface area (Å²) in [7, 11) is 1.25. The molecule has 0 aromatic heterocycles. The van der Waals surface area contributed by atoms with Gasteiger partial charge in [-0.25, -0.2) is 4.79 Å². The zero-order valence-electron chi connectivity index (χ0n) is 11.5. The summed E-state index contributed by atoms with van der Waals surface area (Å²) >= 11 is 0. The van der Waals surface area contributed by atoms with E-state index in [9.17, 15) is 14.7 Å². The lowest BCUT2D eigenvalue weighted by Crippen LogP contribution is -2.45. The maximum absolute atomic E-state index is 12.4. The zero-order chi connectivity index (χ0) is 14.9. The Morgan fingerprint density at radius 2 is 2.15 bits per heavy atom. The predicted octanol–water partition coefficient (Wildman–Crippen LogP) is 1.64. The lowest BCUT2D eigenvalue weighted by Gasteiger charge is -2.29. The molecule has 0 saturated carbocycles. The van der Waals surface area contributed by atoms with E-state index < -0.39 is 24.1 Å². The third kappa shape index (κ3) is 2.10. The highest BCUT2D eigenvalue weighted by Gasteiger charge is 2.43. The van der Waals surface area contributed by atoms with E-state index in [2.05, 4.69) is 6.58 Å². The van der Waals surface area contributed by atoms with Crippen molar-refractivity contribution in [3.05, 3.63) is 47.5 Å². The van der Waals surface area contributed by atoms with Gasteiger partial charge < -0.3 is 9.84 Å². The molecule has 0 spiro atoms. The Bertz CT molecular complexity index is 551. The standard InChI is InChI=1S/C15H17NO4/c1-4-9(2)12(15(19)20-3)16-13(17)10-7-5-6-8-11(10)14(16)18/h5-8,12-13,17H,2,4H2,1,3H3/t12-,13?/m0/s1. The molecule has 0 bridgehead atoms. The van der Waals surface area contributed by atoms with Crippen molar-refractivity contribution in [2.24, 2.45) is 0 Å². The van der Waals surface area contributed by atoms with E-state index in [4.69, 9.17) is 4.74 Å². The summed E-state index contributed by atoms with van der Waals surface area (Å²) in [6.07, 6.45) is -0.654. The van der Waals surface area contributed by atoms with Crippen LogP contribution in [-0.4, -0.2) is 35.0 Å². The number of ether oxygens (including phenoxy) is 1. The van der Waals surface area contributed by atoms with E-state index in [-0.39, 0.29) is 0 Å². The molecule has 0 fully saturated rings. The number of aliphatic hydroxyl groups excluding tert-OH is 1. The third-order valence-electron chi connectivity index (χ3n) is 3.51. The normalized spacial score (nSPS) is 18.6. The van der Waals surface area contributed by atoms with Crippen LogP contribution in [0.4, 0.5) is 0 Å². The number of fused-ring (bicyclic) bond motifs is 1. The molecule has 20 heavy (non-hydrogen) atoms. The molecule has 1 heterocycles. The minimum absolute atomic E-state index is 0.391. The number of carbonyl (C=O) groups is 2. The van der Waals surface area contributed by atoms with Crippen molar-refractivity contribution in [1.29, 1.82) is 0 Å². The van der Waals surface area contributed by atoms with E-state index in [0.717, 1.165) is 4.90 Å². The lowest BCUT2D eigenvalue weighted by atomic mass is 10.0. The molecular formula is C15H17NO4. The summed E-state index contributed by atoms with van der Waals surface area (Å²) in [6.45, 7) is 5.64. The van der Waals surface area contributed by atoms with Crippen LogP contribution in [-0.2, 0) is 9.53 Å². The summed E-state index contributed by atoms with van der Waals surface area (Å²) in [6, 6.07) is 5.78. The SMILES string of the molecule is C=C(CC)[C@@H](C(=O)OC)N1C(=O)c2ccccc2C1O. The fraction of sp³-hybridized carbons (Fsp3) is 0.333. The van der Waals surface area contributed by atoms with Gasteiger partial charge in [-0.1, -0.05) is 31.7 Å². The van der Waals surface area contributed by atoms with E-state index in [1.54, 1.807) is 24.3 Å². The van der Waals surface area contributed by atoms with Crippen LogP contribution in [0.5, 0.6) is 0 Å². The Labute approximate surface area is 117 Å². The van der Waals surface area contributed by atoms with Gasteiger partial charge in [0.15, 0.2) is 12.3 Å². The average Bonchev–Trinajstić information content (AvgIpc) is 2.72. The van der Waals surface area contributed by atoms with Crippen molar-refractivity contribution in [3.8, 4) is 0 Å². The molecule has 1 N–H and O–H groups in total. The van der Waals surface area contributed by atoms with E-state index in [0.29, 0.717) is 23.1 Å². The number of methoxy groups -OCH3 is 1. The quantitative estimate of drug-likeness (QED) is 0.670. The van der Waals surface area contributed by atoms with Crippen LogP contribution < -0.4 is 0 Å². The second kappa shape index (κ2) is 5.46. The molecule has 5 nitrogen and oxygen atoms in total. The lowest BCUT2D eigenvalue weighted by molar-refractivity contribution is -0.147. The molecule has 0 radical (unpaired) electrons. The molecule has 1 aromatic rings. The Hall–Kier alpha value is -2.14. The largest absolute Gasteiger partial charge is 0.467 e. The minimum Gasteiger partial charge on any atom is -0.467 e. The molecule has 106 valence electrons. The number of amides is 1. The van der Waals surface area contributed by atoms with Gasteiger partial charge in [0.1, 0.15) is 0 Å². The van der Waals surface area contributed by atoms with Crippen molar-refractivity contribution in [2.75, 3.05) is 7.11 Å². The first-order valence-corrected chi connectivity index (χ1v) is 6.38. The number of aliphatic hydroxyl groups is 1. The van der Waals surface area contributed by atoms with Crippen LogP contribution in [0.15, 0.2) is 36.4 Å². The molecular weight excluding hydrogens is 258 g/mol. The molecule has 1 aromatic carbocycles. The van der Waals surface area contributed by atoms with Crippen LogP contribution >= 0.6 is 0 Å². The molecule has 2 atom stereocenters. The van der Waals surface area contributed by atoms with Crippen molar-refractivity contribution >= 4 is 11.9 Å². The Balaban J connectivity index is 2.44. The van der Waals surface area contributed by atoms with Crippen molar-refractivity contribution < 1.29 is 19.4 Å². The Morgan fingerprint density at radius 3 is 2.70 bits per heavy atom. The van der Waals surface area contributed by atoms with Gasteiger partial charge in [0.25, 0.3) is 5.91 Å². The summed E-state index contributed by atoms with van der Waals surface area (Å²) in [5.41, 5.74) is 1.42. The summed E-state index contributed by atoms with van der Waals surface area (Å²) in [4.78, 5) is 25.5. The van der Waals surface area contributed by atoms with Gasteiger partial charge in [-0.15, -0.1) is 0 Å². The number of nitrogens with zero attached hydrogens (tertiary/aromatic N) is 1. The van der Waals surface area contributed by atoms with Crippen LogP contribution in [0.2, 0.25) is 0 Å². The molecule has 1 amide bonds. The van der Waals surface area contributed by atoms with Gasteiger partial charge in [-0.2, -0.15) is 0 Å². The molecule has 2 rings (SSSR count). The maximum atomic E-state index is 12.4. The highest BCUT2D eigenvalue weighted by atomic mass is 16.5. The predicted molar refractivity (Wildman–Crippen MR) is 72.8 cm³/mol. The van der Waals surface area contributed by atoms with Crippen molar-refractivity contribution in [3.63, 3.8) is 0 Å². The number of carbonyl (C=O) groups excluding carboxylic acids is 2. The van der Waals surface area contributed by atoms with Gasteiger partial charge in [-0.05, 0) is 18.1 Å². The molecule has 1 aliphatic rings. The fourth-order valence-electron chi connectivity index (χ4n) is 2.36. The second-order valence-electron chi connectivity index (χ2n) is 4.61. The molecule has 0 saturated heterocycles. The first-order valence-electron chi connectivity index (χ1n) is 6.38. The summed E-state index contributed by atoms with van der Waals surface area (Å²) in [5.74, 6) is -0.991. The summed E-state index contributed by atoms with van der Waals surface area (Å²) in [5, 5.41) is 10.3. The number of rotatable bonds is 4. The third-order valence-corrected chi connectivity index (χ3v) is 3.51. The second-order valence-corrected chi connectivity index (χ2v) is 4.61. The molecule has 1 unspecified atom stereocenters. The Kier molecular flexibility index (Phi) is 3.90. The topological polar surface area (TPSA) is 66.8 Å². The first kappa shape index (κ1) is 14.3. The maximum Gasteiger partial charge on any atom is 0.333 e. The number of benzene rings is 1. The molecule has 0 aliphatic carbocycles. The van der Waals surface area contributed by atoms with Crippen LogP contribution in [0.25, 0.3) is 0 Å². The average molecular weight is 275 g/mol. The fourth-order valence-corrected chi connectivity index (χ4v) is 2.36. The zero-order valence-corrected chi connectivity index (χ0v) is 11.5. The van der Waals surface area contributed by atoms with Gasteiger partial charge in [0.05, 0.1) is 7.11 Å². The smallest absolute Gasteiger partial charge is 0.333 e. The molecule has 5 heteroatoms. The van der Waals surface area contributed by atoms with Crippen LogP contribution in [0.1, 0.15) is 35.5 Å². The first-order chi connectivity index (χ1) is 9.52. The van der Waals surface area contributed by atoms with Gasteiger partial charge in [0, 0.05) is 11.1 Å². The van der Waals surface area contributed by atoms with Crippen LogP contribution in [0, 0.1) is 0 Å². The van der Waals surface area contributed by atoms with Crippen molar-refractivity contribution in [1.82, 2.24) is 4.90 Å². The number of hydrogen-bond donors (Lipinski definition) is 1. The van der Waals surface area contributed by atoms with Gasteiger partial charge in [0.2, 0.25) is 0 Å². The van der Waals surface area contributed by atoms with Gasteiger partial charge in [-0.3, -0.25) is 9.69 Å². The Morgan fingerprint density at radius 1 is 1.50 bits per heavy atom. The van der Waals surface area contributed by atoms with E-state index in [1.807, 2.05) is 6.92 Å². The van der Waals surface area contributed by atoms with E-state index >= 15 is 0 Å². The van der Waals surface area contributed by atoms with Crippen molar-refractivity contribution in [2.45, 2.75) is 25.6 Å². The van der Waals surface area contributed by atoms with E-state index in [1.165, 1.54) is 7.11 Å². The van der Waals surface area contributed by atoms with Crippen LogP contribution in [0.3, 0.4) is 0 Å². The number of esters is 1. The minimum atomic E-state index is -1.16. The highest BCUT2D eigenvalue weighted by molar-refractivity contribution is 6.01. The monoisotopic (exact) mass is 275 g/mol. The number of hydrogen-bond acceptors (Lipinski definition) is 4. The van der Waals surface area contributed by atoms with Gasteiger partial charge >= 0.3 is 5.97 Å². The highest BCUT2D eigenvalue weighted by Crippen LogP contribution is 2.35. The summed E-state index contributed by atoms with van der Waals surface area (Å²) < 4.78 is 4.74. The molecule has 1 aliphatic heterocycles.